The molecule has 138 valence electrons. The van der Waals surface area contributed by atoms with Crippen molar-refractivity contribution in [1.29, 1.82) is 0 Å². The van der Waals surface area contributed by atoms with E-state index >= 15 is 0 Å². The van der Waals surface area contributed by atoms with E-state index in [0.29, 0.717) is 5.75 Å². The smallest absolute Gasteiger partial charge is 0.340 e. The first-order chi connectivity index (χ1) is 11.0. The van der Waals surface area contributed by atoms with E-state index in [1.165, 1.54) is 19.8 Å². The van der Waals surface area contributed by atoms with Crippen molar-refractivity contribution >= 4 is 14.2 Å². The molecule has 0 aliphatic rings. The minimum absolute atomic E-state index is 0.184. The molecular weight excluding hydrogens is 327 g/mol. The highest BCUT2D eigenvalue weighted by atomic mass is 31.1. The molecule has 0 bridgehead atoms. The van der Waals surface area contributed by atoms with Crippen LogP contribution in [-0.4, -0.2) is 17.0 Å². The van der Waals surface area contributed by atoms with Gasteiger partial charge in [-0.1, -0.05) is 65.2 Å². The van der Waals surface area contributed by atoms with Crippen molar-refractivity contribution in [2.24, 2.45) is 0 Å². The number of esters is 1. The van der Waals surface area contributed by atoms with Crippen LogP contribution in [0.25, 0.3) is 0 Å². The van der Waals surface area contributed by atoms with Gasteiger partial charge in [-0.25, -0.2) is 4.79 Å². The van der Waals surface area contributed by atoms with Crippen LogP contribution in [-0.2, 0) is 19.3 Å². The molecule has 1 aromatic rings. The lowest BCUT2D eigenvalue weighted by atomic mass is 9.85. The van der Waals surface area contributed by atoms with Crippen molar-refractivity contribution in [1.82, 2.24) is 0 Å². The number of hydrogen-bond acceptors (Lipinski definition) is 4. The fourth-order valence-corrected chi connectivity index (χ4v) is 2.11. The Morgan fingerprint density at radius 2 is 1.79 bits per heavy atom. The molecule has 0 heterocycles. The van der Waals surface area contributed by atoms with Crippen molar-refractivity contribution in [2.75, 3.05) is 0 Å². The molecule has 0 spiro atoms. The average Bonchev–Trinajstić information content (AvgIpc) is 2.47. The van der Waals surface area contributed by atoms with Crippen LogP contribution in [0.1, 0.15) is 65.5 Å². The topological polar surface area (TPSA) is 72.8 Å². The molecule has 0 saturated heterocycles. The molecule has 0 amide bonds. The molecule has 2 unspecified atom stereocenters. The van der Waals surface area contributed by atoms with E-state index < -0.39 is 20.3 Å². The molecule has 0 fully saturated rings. The van der Waals surface area contributed by atoms with Gasteiger partial charge in [-0.3, -0.25) is 9.09 Å². The Hall–Kier alpha value is -1.16. The van der Waals surface area contributed by atoms with Crippen LogP contribution in [0.15, 0.2) is 18.2 Å². The van der Waals surface area contributed by atoms with Gasteiger partial charge in [0.1, 0.15) is 5.75 Å². The van der Waals surface area contributed by atoms with Gasteiger partial charge in [0.15, 0.2) is 6.10 Å². The second-order valence-electron chi connectivity index (χ2n) is 6.70. The minimum atomic E-state index is -3.17. The van der Waals surface area contributed by atoms with E-state index in [1.54, 1.807) is 6.07 Å². The number of unbranched alkanes of at least 4 members (excludes halogenated alkanes) is 1. The zero-order valence-corrected chi connectivity index (χ0v) is 16.8. The van der Waals surface area contributed by atoms with Crippen molar-refractivity contribution in [2.45, 2.75) is 72.8 Å². The van der Waals surface area contributed by atoms with Crippen LogP contribution < -0.4 is 4.74 Å². The third-order valence-electron chi connectivity index (χ3n) is 3.26. The Morgan fingerprint density at radius 3 is 2.21 bits per heavy atom. The first kappa shape index (κ1) is 22.8. The van der Waals surface area contributed by atoms with Crippen molar-refractivity contribution in [3.05, 3.63) is 29.3 Å². The van der Waals surface area contributed by atoms with E-state index in [4.69, 9.17) is 9.63 Å². The lowest BCUT2D eigenvalue weighted by Crippen LogP contribution is -2.25. The lowest BCUT2D eigenvalue weighted by Gasteiger charge is -2.23. The third-order valence-corrected chi connectivity index (χ3v) is 3.82. The number of hydrogen-bond donors (Lipinski definition) is 1. The summed E-state index contributed by atoms with van der Waals surface area (Å²) in [6.45, 7) is 13.8. The Balaban J connectivity index is 0.00000118. The van der Waals surface area contributed by atoms with Gasteiger partial charge in [0.05, 0.1) is 0 Å². The summed E-state index contributed by atoms with van der Waals surface area (Å²) in [7, 11) is -3.17. The maximum atomic E-state index is 11.8. The van der Waals surface area contributed by atoms with E-state index in [0.717, 1.165) is 11.1 Å². The summed E-state index contributed by atoms with van der Waals surface area (Å²) in [5.74, 6) is -0.243. The summed E-state index contributed by atoms with van der Waals surface area (Å²) in [5, 5.41) is 0. The Bertz CT molecular complexity index is 547. The van der Waals surface area contributed by atoms with Crippen molar-refractivity contribution in [3.63, 3.8) is 0 Å². The van der Waals surface area contributed by atoms with Gasteiger partial charge >= 0.3 is 14.2 Å². The predicted octanol–water partition coefficient (Wildman–Crippen LogP) is 4.79. The summed E-state index contributed by atoms with van der Waals surface area (Å²) >= 11 is 0. The molecule has 0 aliphatic carbocycles. The Morgan fingerprint density at radius 1 is 1.25 bits per heavy atom. The largest absolute Gasteiger partial charge is 0.424 e. The number of aryl methyl sites for hydroxylation is 1. The van der Waals surface area contributed by atoms with E-state index in [2.05, 4.69) is 18.4 Å². The summed E-state index contributed by atoms with van der Waals surface area (Å²) < 4.78 is 20.4. The maximum Gasteiger partial charge on any atom is 0.340 e. The molecule has 1 N–H and O–H groups in total. The van der Waals surface area contributed by atoms with Gasteiger partial charge in [-0.2, -0.15) is 0 Å². The normalized spacial score (nSPS) is 13.5. The fourth-order valence-electron chi connectivity index (χ4n) is 1.71. The van der Waals surface area contributed by atoms with Crippen molar-refractivity contribution in [3.8, 4) is 5.75 Å². The number of carbonyl (C=O) groups excluding carboxylic acids is 1. The molecule has 0 aliphatic heterocycles. The summed E-state index contributed by atoms with van der Waals surface area (Å²) in [6.07, 6.45) is 1.56. The molecule has 24 heavy (non-hydrogen) atoms. The van der Waals surface area contributed by atoms with Gasteiger partial charge in [0.2, 0.25) is 0 Å². The van der Waals surface area contributed by atoms with E-state index in [-0.39, 0.29) is 5.41 Å². The molecule has 0 aromatic heterocycles. The molecule has 0 radical (unpaired) electrons. The van der Waals surface area contributed by atoms with Gasteiger partial charge in [0, 0.05) is 5.56 Å². The monoisotopic (exact) mass is 358 g/mol. The molecule has 1 rings (SSSR count). The fraction of sp³-hybridized carbons (Fsp3) is 0.611. The predicted molar refractivity (Wildman–Crippen MR) is 97.9 cm³/mol. The molecule has 0 saturated carbocycles. The third kappa shape index (κ3) is 8.62. The van der Waals surface area contributed by atoms with Crippen LogP contribution in [0.2, 0.25) is 0 Å². The van der Waals surface area contributed by atoms with Crippen LogP contribution in [0.4, 0.5) is 0 Å². The highest BCUT2D eigenvalue weighted by molar-refractivity contribution is 7.32. The van der Waals surface area contributed by atoms with E-state index in [1.807, 2.05) is 39.8 Å². The van der Waals surface area contributed by atoms with Gasteiger partial charge in [-0.05, 0) is 25.3 Å². The van der Waals surface area contributed by atoms with Crippen molar-refractivity contribution < 1.29 is 23.5 Å². The standard InChI is InChI=1S/C14H21O5P.C4H10/c1-9-6-7-12(11(8-9)14(3,4)5)18-13(15)10(2)19-20(16)17;1-3-4-2/h6-8,10,20H,1-5H3,(H,16,17);3-4H2,1-2H3. The zero-order valence-electron chi connectivity index (χ0n) is 15.8. The minimum Gasteiger partial charge on any atom is -0.424 e. The molecule has 5 nitrogen and oxygen atoms in total. The number of carbonyl (C=O) groups is 1. The first-order valence-corrected chi connectivity index (χ1v) is 9.51. The summed E-state index contributed by atoms with van der Waals surface area (Å²) in [6, 6.07) is 5.53. The quantitative estimate of drug-likeness (QED) is 0.465. The number of rotatable bonds is 5. The van der Waals surface area contributed by atoms with Gasteiger partial charge < -0.3 is 9.63 Å². The maximum absolute atomic E-state index is 11.8. The second-order valence-corrected chi connectivity index (χ2v) is 7.46. The van der Waals surface area contributed by atoms with Gasteiger partial charge in [-0.15, -0.1) is 0 Å². The Kier molecular flexibility index (Phi) is 10.1. The summed E-state index contributed by atoms with van der Waals surface area (Å²) in [5.41, 5.74) is 1.78. The Labute approximate surface area is 146 Å². The second kappa shape index (κ2) is 10.7. The molecule has 6 heteroatoms. The van der Waals surface area contributed by atoms with Crippen LogP contribution in [0.5, 0.6) is 5.75 Å². The molecule has 2 atom stereocenters. The van der Waals surface area contributed by atoms with Crippen LogP contribution >= 0.6 is 8.25 Å². The SMILES string of the molecule is CCCC.Cc1ccc(OC(=O)C(C)O[PH](=O)O)c(C(C)(C)C)c1. The highest BCUT2D eigenvalue weighted by Crippen LogP contribution is 2.32. The average molecular weight is 358 g/mol. The summed E-state index contributed by atoms with van der Waals surface area (Å²) in [4.78, 5) is 20.5. The number of ether oxygens (including phenoxy) is 1. The van der Waals surface area contributed by atoms with Crippen LogP contribution in [0.3, 0.4) is 0 Å². The molecule has 1 aromatic carbocycles. The highest BCUT2D eigenvalue weighted by Gasteiger charge is 2.23. The van der Waals surface area contributed by atoms with Gasteiger partial charge in [0.25, 0.3) is 0 Å². The first-order valence-electron chi connectivity index (χ1n) is 8.25. The number of benzene rings is 1. The van der Waals surface area contributed by atoms with E-state index in [9.17, 15) is 9.36 Å². The zero-order chi connectivity index (χ0) is 18.9. The lowest BCUT2D eigenvalue weighted by molar-refractivity contribution is -0.141. The molecular formula is C18H31O5P. The van der Waals surface area contributed by atoms with Crippen LogP contribution in [0, 0.1) is 6.92 Å².